The van der Waals surface area contributed by atoms with Gasteiger partial charge in [-0.05, 0) is 30.3 Å². The number of amides is 2. The third-order valence-corrected chi connectivity index (χ3v) is 4.51. The van der Waals surface area contributed by atoms with E-state index >= 15 is 0 Å². The number of methoxy groups -OCH3 is 1. The monoisotopic (exact) mass is 352 g/mol. The molecule has 1 heterocycles. The fourth-order valence-electron chi connectivity index (χ4n) is 3.07. The molecule has 2 N–H and O–H groups in total. The lowest BCUT2D eigenvalue weighted by Gasteiger charge is -2.22. The Kier molecular flexibility index (Phi) is 4.52. The van der Waals surface area contributed by atoms with Gasteiger partial charge in [-0.2, -0.15) is 0 Å². The number of carbonyl (C=O) groups is 2. The predicted molar refractivity (Wildman–Crippen MR) is 99.1 cm³/mol. The molecule has 2 aromatic rings. The summed E-state index contributed by atoms with van der Waals surface area (Å²) in [5.41, 5.74) is -0.00473. The van der Waals surface area contributed by atoms with Crippen LogP contribution in [-0.2, 0) is 15.2 Å². The van der Waals surface area contributed by atoms with Crippen LogP contribution in [0.1, 0.15) is 12.0 Å². The van der Waals surface area contributed by atoms with Gasteiger partial charge in [0.25, 0.3) is 11.8 Å². The molecule has 3 rings (SSSR count). The number of nitrogens with zero attached hydrogens (tertiary/aromatic N) is 1. The number of aliphatic hydroxyl groups is 1. The molecule has 6 nitrogen and oxygen atoms in total. The minimum atomic E-state index is -1.79. The molecule has 26 heavy (non-hydrogen) atoms. The quantitative estimate of drug-likeness (QED) is 0.810. The summed E-state index contributed by atoms with van der Waals surface area (Å²) in [4.78, 5) is 26.4. The molecular weight excluding hydrogens is 332 g/mol. The fourth-order valence-corrected chi connectivity index (χ4v) is 3.07. The standard InChI is InChI=1S/C20H20N2O4/c1-13(18(23)21-14-8-10-15(26-3)11-9-14)12-20(25)16-6-4-5-7-17(16)22(2)19(20)24/h4-11,25H,1,12H2,2-3H3,(H,21,23)/t20-/m0/s1. The van der Waals surface area contributed by atoms with Crippen LogP contribution in [0.4, 0.5) is 11.4 Å². The van der Waals surface area contributed by atoms with Crippen LogP contribution >= 0.6 is 0 Å². The Balaban J connectivity index is 1.76. The van der Waals surface area contributed by atoms with Gasteiger partial charge in [-0.25, -0.2) is 0 Å². The van der Waals surface area contributed by atoms with Gasteiger partial charge in [-0.1, -0.05) is 24.8 Å². The molecule has 0 spiro atoms. The lowest BCUT2D eigenvalue weighted by molar-refractivity contribution is -0.135. The SMILES string of the molecule is C=C(C[C@@]1(O)C(=O)N(C)c2ccccc21)C(=O)Nc1ccc(OC)cc1. The molecule has 2 amide bonds. The number of fused-ring (bicyclic) bond motifs is 1. The van der Waals surface area contributed by atoms with Crippen molar-refractivity contribution in [3.8, 4) is 5.75 Å². The van der Waals surface area contributed by atoms with Crippen LogP contribution in [0.3, 0.4) is 0 Å². The van der Waals surface area contributed by atoms with Crippen molar-refractivity contribution in [2.24, 2.45) is 0 Å². The molecule has 0 saturated heterocycles. The van der Waals surface area contributed by atoms with Crippen molar-refractivity contribution < 1.29 is 19.4 Å². The number of likely N-dealkylation sites (N-methyl/N-ethyl adjacent to an activating group) is 1. The molecule has 6 heteroatoms. The van der Waals surface area contributed by atoms with Gasteiger partial charge in [-0.15, -0.1) is 0 Å². The van der Waals surface area contributed by atoms with E-state index in [0.717, 1.165) is 0 Å². The Morgan fingerprint density at radius 2 is 1.88 bits per heavy atom. The van der Waals surface area contributed by atoms with Crippen molar-refractivity contribution in [2.45, 2.75) is 12.0 Å². The molecular formula is C20H20N2O4. The van der Waals surface area contributed by atoms with Crippen molar-refractivity contribution in [1.82, 2.24) is 0 Å². The maximum Gasteiger partial charge on any atom is 0.263 e. The van der Waals surface area contributed by atoms with E-state index < -0.39 is 17.4 Å². The zero-order chi connectivity index (χ0) is 18.9. The molecule has 0 fully saturated rings. The highest BCUT2D eigenvalue weighted by Gasteiger charge is 2.48. The van der Waals surface area contributed by atoms with Crippen LogP contribution in [0.15, 0.2) is 60.7 Å². The first-order chi connectivity index (χ1) is 12.4. The second-order valence-electron chi connectivity index (χ2n) is 6.20. The van der Waals surface area contributed by atoms with E-state index in [1.54, 1.807) is 62.7 Å². The zero-order valence-corrected chi connectivity index (χ0v) is 14.7. The minimum absolute atomic E-state index is 0.113. The van der Waals surface area contributed by atoms with Gasteiger partial charge in [0.1, 0.15) is 5.75 Å². The van der Waals surface area contributed by atoms with Crippen molar-refractivity contribution in [2.75, 3.05) is 24.4 Å². The Morgan fingerprint density at radius 3 is 2.54 bits per heavy atom. The normalized spacial score (nSPS) is 18.4. The zero-order valence-electron chi connectivity index (χ0n) is 14.7. The summed E-state index contributed by atoms with van der Waals surface area (Å²) in [5.74, 6) is -0.257. The van der Waals surface area contributed by atoms with Gasteiger partial charge in [0, 0.05) is 30.3 Å². The second-order valence-corrected chi connectivity index (χ2v) is 6.20. The number of hydrogen-bond acceptors (Lipinski definition) is 4. The first-order valence-corrected chi connectivity index (χ1v) is 8.10. The summed E-state index contributed by atoms with van der Waals surface area (Å²) in [6, 6.07) is 13.8. The molecule has 1 aliphatic heterocycles. The van der Waals surface area contributed by atoms with Gasteiger partial charge in [0.15, 0.2) is 5.60 Å². The fraction of sp³-hybridized carbons (Fsp3) is 0.200. The maximum absolute atomic E-state index is 12.6. The smallest absolute Gasteiger partial charge is 0.263 e. The first kappa shape index (κ1) is 17.7. The maximum atomic E-state index is 12.6. The third kappa shape index (κ3) is 2.95. The molecule has 0 radical (unpaired) electrons. The van der Waals surface area contributed by atoms with E-state index in [1.165, 1.54) is 4.90 Å². The highest BCUT2D eigenvalue weighted by molar-refractivity contribution is 6.09. The van der Waals surface area contributed by atoms with E-state index in [0.29, 0.717) is 22.7 Å². The summed E-state index contributed by atoms with van der Waals surface area (Å²) in [6.07, 6.45) is -0.185. The molecule has 1 atom stereocenters. The van der Waals surface area contributed by atoms with Gasteiger partial charge in [0.2, 0.25) is 0 Å². The van der Waals surface area contributed by atoms with Crippen molar-refractivity contribution in [3.63, 3.8) is 0 Å². The molecule has 1 aliphatic rings. The second kappa shape index (κ2) is 6.65. The van der Waals surface area contributed by atoms with Crippen molar-refractivity contribution in [1.29, 1.82) is 0 Å². The van der Waals surface area contributed by atoms with Gasteiger partial charge >= 0.3 is 0 Å². The number of benzene rings is 2. The van der Waals surface area contributed by atoms with Gasteiger partial charge < -0.3 is 20.1 Å². The average Bonchev–Trinajstić information content (AvgIpc) is 2.84. The highest BCUT2D eigenvalue weighted by Crippen LogP contribution is 2.42. The van der Waals surface area contributed by atoms with Crippen LogP contribution in [0.2, 0.25) is 0 Å². The van der Waals surface area contributed by atoms with E-state index in [9.17, 15) is 14.7 Å². The van der Waals surface area contributed by atoms with Crippen LogP contribution < -0.4 is 15.0 Å². The van der Waals surface area contributed by atoms with Crippen molar-refractivity contribution >= 4 is 23.2 Å². The summed E-state index contributed by atoms with van der Waals surface area (Å²) < 4.78 is 5.07. The van der Waals surface area contributed by atoms with Gasteiger partial charge in [-0.3, -0.25) is 9.59 Å². The number of carbonyl (C=O) groups excluding carboxylic acids is 2. The minimum Gasteiger partial charge on any atom is -0.497 e. The lowest BCUT2D eigenvalue weighted by Crippen LogP contribution is -2.39. The Hall–Kier alpha value is -3.12. The largest absolute Gasteiger partial charge is 0.497 e. The molecule has 0 saturated carbocycles. The van der Waals surface area contributed by atoms with Gasteiger partial charge in [0.05, 0.1) is 12.8 Å². The number of ether oxygens (including phenoxy) is 1. The lowest BCUT2D eigenvalue weighted by atomic mass is 9.88. The molecule has 0 unspecified atom stereocenters. The number of anilines is 2. The molecule has 0 aromatic heterocycles. The summed E-state index contributed by atoms with van der Waals surface area (Å²) in [6.45, 7) is 3.76. The Bertz CT molecular complexity index is 876. The van der Waals surface area contributed by atoms with Crippen LogP contribution in [0, 0.1) is 0 Å². The summed E-state index contributed by atoms with van der Waals surface area (Å²) in [7, 11) is 3.16. The van der Waals surface area contributed by atoms with E-state index in [2.05, 4.69) is 11.9 Å². The first-order valence-electron chi connectivity index (χ1n) is 8.10. The molecule has 2 aromatic carbocycles. The van der Waals surface area contributed by atoms with Crippen LogP contribution in [0.5, 0.6) is 5.75 Å². The van der Waals surface area contributed by atoms with Crippen molar-refractivity contribution in [3.05, 3.63) is 66.2 Å². The number of hydrogen-bond donors (Lipinski definition) is 2. The molecule has 0 aliphatic carbocycles. The van der Waals surface area contributed by atoms with Crippen LogP contribution in [0.25, 0.3) is 0 Å². The Morgan fingerprint density at radius 1 is 1.23 bits per heavy atom. The highest BCUT2D eigenvalue weighted by atomic mass is 16.5. The average molecular weight is 352 g/mol. The number of nitrogens with one attached hydrogen (secondary N) is 1. The Labute approximate surface area is 151 Å². The number of para-hydroxylation sites is 1. The molecule has 0 bridgehead atoms. The third-order valence-electron chi connectivity index (χ3n) is 4.51. The van der Waals surface area contributed by atoms with E-state index in [1.807, 2.05) is 0 Å². The van der Waals surface area contributed by atoms with Crippen LogP contribution in [-0.4, -0.2) is 31.1 Å². The number of rotatable bonds is 5. The summed E-state index contributed by atoms with van der Waals surface area (Å²) in [5, 5.41) is 13.7. The summed E-state index contributed by atoms with van der Waals surface area (Å²) >= 11 is 0. The molecule has 134 valence electrons. The topological polar surface area (TPSA) is 78.9 Å². The predicted octanol–water partition coefficient (Wildman–Crippen LogP) is 2.44. The van der Waals surface area contributed by atoms with E-state index in [-0.39, 0.29) is 12.0 Å². The van der Waals surface area contributed by atoms with E-state index in [4.69, 9.17) is 4.74 Å².